The standard InChI is InChI=1S/C48H69N13O13S2/c1-75-20-17-30(49)41(67)57-32(8-5-19-53-48(51)52)43(69)61-36(23-27-24-54-31-7-4-3-6-29(27)31)46(72)59-33(13-15-38(50)63)44(70)58-34(14-16-40(65)66)45(71)60-35(18-21-76-2)42(68)55-25-39(64)56-37(47(73)74)22-26-9-11-28(62)12-10-26/h3-4,6-7,9-12,24,30,32-37,54,62H,5,8,13-23,25,49H2,1-2H3,(H2,50,63)(H,55,68)(H,56,64)(H,57,67)(H,58,70)(H,59,72)(H,60,71)(H,61,69)(H,65,66)(H,73,74)(H4,51,52,53)/t30-,32-,33-,34-,35-,36-,37-/m0/s1. The molecular formula is C48H69N13O13S2. The summed E-state index contributed by atoms with van der Waals surface area (Å²) in [6.07, 6.45) is 3.22. The second-order valence-corrected chi connectivity index (χ2v) is 19.5. The lowest BCUT2D eigenvalue weighted by Gasteiger charge is -2.27. The Morgan fingerprint density at radius 1 is 0.618 bits per heavy atom. The van der Waals surface area contributed by atoms with Crippen LogP contribution in [0.3, 0.4) is 0 Å². The van der Waals surface area contributed by atoms with E-state index in [0.717, 1.165) is 0 Å². The average Bonchev–Trinajstić information content (AvgIpc) is 3.78. The fourth-order valence-electron chi connectivity index (χ4n) is 7.47. The van der Waals surface area contributed by atoms with Crippen molar-refractivity contribution in [1.29, 1.82) is 5.41 Å². The first-order chi connectivity index (χ1) is 36.1. The number of primary amides is 1. The molecule has 0 saturated heterocycles. The minimum absolute atomic E-state index is 0.00330. The topological polar surface area (TPSA) is 445 Å². The summed E-state index contributed by atoms with van der Waals surface area (Å²) in [6.45, 7) is -0.563. The first-order valence-electron chi connectivity index (χ1n) is 24.1. The van der Waals surface area contributed by atoms with Crippen LogP contribution in [0, 0.1) is 5.41 Å². The van der Waals surface area contributed by atoms with Crippen LogP contribution in [0.2, 0.25) is 0 Å². The number of hydrogen-bond donors (Lipinski definition) is 16. The summed E-state index contributed by atoms with van der Waals surface area (Å²) in [6, 6.07) is 2.92. The number of carbonyl (C=O) groups is 10. The zero-order valence-corrected chi connectivity index (χ0v) is 43.7. The molecule has 76 heavy (non-hydrogen) atoms. The largest absolute Gasteiger partial charge is 0.508 e. The highest BCUT2D eigenvalue weighted by Gasteiger charge is 2.34. The van der Waals surface area contributed by atoms with Crippen molar-refractivity contribution >= 4 is 99.6 Å². The number of fused-ring (bicyclic) bond motifs is 1. The van der Waals surface area contributed by atoms with E-state index in [1.165, 1.54) is 47.8 Å². The highest BCUT2D eigenvalue weighted by atomic mass is 32.2. The molecule has 8 amide bonds. The second kappa shape index (κ2) is 32.7. The number of nitrogens with one attached hydrogen (secondary N) is 10. The number of aromatic nitrogens is 1. The number of aromatic hydroxyl groups is 1. The molecule has 0 spiro atoms. The molecule has 0 fully saturated rings. The van der Waals surface area contributed by atoms with Crippen LogP contribution in [0.15, 0.2) is 54.7 Å². The van der Waals surface area contributed by atoms with Crippen molar-refractivity contribution in [3.05, 3.63) is 65.9 Å². The number of H-pyrrole nitrogens is 1. The summed E-state index contributed by atoms with van der Waals surface area (Å²) in [5, 5.41) is 57.1. The van der Waals surface area contributed by atoms with E-state index < -0.39 is 134 Å². The molecule has 3 aromatic rings. The van der Waals surface area contributed by atoms with Gasteiger partial charge in [0.25, 0.3) is 0 Å². The van der Waals surface area contributed by atoms with E-state index in [4.69, 9.17) is 22.6 Å². The van der Waals surface area contributed by atoms with Gasteiger partial charge in [-0.25, -0.2) is 4.79 Å². The Labute approximate surface area is 446 Å². The third-order valence-electron chi connectivity index (χ3n) is 11.6. The highest BCUT2D eigenvalue weighted by Crippen LogP contribution is 2.20. The van der Waals surface area contributed by atoms with E-state index in [2.05, 4.69) is 47.5 Å². The summed E-state index contributed by atoms with van der Waals surface area (Å²) in [5.41, 5.74) is 18.7. The third kappa shape index (κ3) is 22.5. The number of para-hydroxylation sites is 1. The van der Waals surface area contributed by atoms with Crippen LogP contribution in [0.25, 0.3) is 10.9 Å². The molecule has 7 atom stereocenters. The molecule has 0 unspecified atom stereocenters. The predicted molar refractivity (Wildman–Crippen MR) is 284 cm³/mol. The van der Waals surface area contributed by atoms with E-state index in [-0.39, 0.29) is 56.1 Å². The molecule has 0 bridgehead atoms. The van der Waals surface area contributed by atoms with E-state index >= 15 is 0 Å². The molecule has 28 heteroatoms. The minimum Gasteiger partial charge on any atom is -0.508 e. The SMILES string of the molecule is CSCC[C@H](NC(=O)[C@H](CCC(=O)O)NC(=O)[C@H](CCC(N)=O)NC(=O)[C@H](Cc1c[nH]c2ccccc12)NC(=O)[C@H](CCCNC(=N)N)NC(=O)[C@@H](N)CCSC)C(=O)NCC(=O)N[C@@H](Cc1ccc(O)cc1)C(=O)O. The number of thioether (sulfide) groups is 2. The van der Waals surface area contributed by atoms with Gasteiger partial charge in [-0.2, -0.15) is 23.5 Å². The summed E-state index contributed by atoms with van der Waals surface area (Å²) in [7, 11) is 0. The number of nitrogens with two attached hydrogens (primary N) is 3. The van der Waals surface area contributed by atoms with Gasteiger partial charge in [-0.3, -0.25) is 48.6 Å². The zero-order valence-electron chi connectivity index (χ0n) is 42.1. The Hall–Kier alpha value is -7.59. The van der Waals surface area contributed by atoms with Crippen molar-refractivity contribution in [1.82, 2.24) is 47.5 Å². The number of phenolic OH excluding ortho intramolecular Hbond substituents is 1. The Kier molecular flexibility index (Phi) is 26.9. The van der Waals surface area contributed by atoms with Crippen molar-refractivity contribution in [2.75, 3.05) is 37.1 Å². The Bertz CT molecular complexity index is 2500. The van der Waals surface area contributed by atoms with Gasteiger partial charge in [0.15, 0.2) is 5.96 Å². The normalized spacial score (nSPS) is 13.7. The van der Waals surface area contributed by atoms with Gasteiger partial charge in [-0.15, -0.1) is 0 Å². The first-order valence-corrected chi connectivity index (χ1v) is 26.9. The Morgan fingerprint density at radius 3 is 1.74 bits per heavy atom. The van der Waals surface area contributed by atoms with Crippen LogP contribution in [0.5, 0.6) is 5.75 Å². The van der Waals surface area contributed by atoms with Crippen LogP contribution in [0.4, 0.5) is 0 Å². The number of benzene rings is 2. The van der Waals surface area contributed by atoms with E-state index in [0.29, 0.717) is 34.2 Å². The molecule has 26 nitrogen and oxygen atoms in total. The lowest BCUT2D eigenvalue weighted by molar-refractivity contribution is -0.142. The smallest absolute Gasteiger partial charge is 0.326 e. The monoisotopic (exact) mass is 1100 g/mol. The fraction of sp³-hybridized carbons (Fsp3) is 0.479. The number of amides is 8. The highest BCUT2D eigenvalue weighted by molar-refractivity contribution is 7.98. The predicted octanol–water partition coefficient (Wildman–Crippen LogP) is -2.00. The molecule has 2 aromatic carbocycles. The van der Waals surface area contributed by atoms with Crippen LogP contribution < -0.4 is 59.7 Å². The Morgan fingerprint density at radius 2 is 1.16 bits per heavy atom. The van der Waals surface area contributed by atoms with Crippen LogP contribution in [-0.2, 0) is 60.8 Å². The van der Waals surface area contributed by atoms with Gasteiger partial charge in [0.2, 0.25) is 47.3 Å². The van der Waals surface area contributed by atoms with Gasteiger partial charge < -0.3 is 80.0 Å². The van der Waals surface area contributed by atoms with Crippen molar-refractivity contribution in [2.24, 2.45) is 17.2 Å². The molecule has 0 aliphatic heterocycles. The van der Waals surface area contributed by atoms with Crippen LogP contribution in [-0.4, -0.2) is 165 Å². The van der Waals surface area contributed by atoms with Crippen LogP contribution >= 0.6 is 23.5 Å². The molecule has 1 aromatic heterocycles. The van der Waals surface area contributed by atoms with Crippen molar-refractivity contribution < 1.29 is 63.3 Å². The maximum atomic E-state index is 14.5. The number of guanidine groups is 1. The molecule has 416 valence electrons. The van der Waals surface area contributed by atoms with Crippen molar-refractivity contribution in [3.63, 3.8) is 0 Å². The van der Waals surface area contributed by atoms with Gasteiger partial charge in [0, 0.05) is 49.3 Å². The van der Waals surface area contributed by atoms with E-state index in [1.807, 2.05) is 6.26 Å². The molecule has 0 aliphatic rings. The average molecular weight is 1100 g/mol. The van der Waals surface area contributed by atoms with E-state index in [9.17, 15) is 63.3 Å². The zero-order chi connectivity index (χ0) is 56.3. The minimum atomic E-state index is -1.67. The van der Waals surface area contributed by atoms with Crippen LogP contribution in [0.1, 0.15) is 62.5 Å². The van der Waals surface area contributed by atoms with Gasteiger partial charge in [-0.1, -0.05) is 30.3 Å². The summed E-state index contributed by atoms with van der Waals surface area (Å²) < 4.78 is 0. The summed E-state index contributed by atoms with van der Waals surface area (Å²) in [4.78, 5) is 135. The molecule has 0 saturated carbocycles. The fourth-order valence-corrected chi connectivity index (χ4v) is 8.43. The maximum absolute atomic E-state index is 14.5. The van der Waals surface area contributed by atoms with Gasteiger partial charge in [0.1, 0.15) is 42.0 Å². The Balaban J connectivity index is 1.89. The number of aliphatic carboxylic acids is 2. The third-order valence-corrected chi connectivity index (χ3v) is 12.9. The molecule has 19 N–H and O–H groups in total. The number of aromatic amines is 1. The molecule has 3 rings (SSSR count). The van der Waals surface area contributed by atoms with Gasteiger partial charge in [0.05, 0.1) is 12.6 Å². The molecular weight excluding hydrogens is 1030 g/mol. The summed E-state index contributed by atoms with van der Waals surface area (Å²) in [5.74, 6) is -9.43. The first kappa shape index (κ1) is 62.7. The summed E-state index contributed by atoms with van der Waals surface area (Å²) >= 11 is 2.77. The van der Waals surface area contributed by atoms with E-state index in [1.54, 1.807) is 36.7 Å². The lowest BCUT2D eigenvalue weighted by Crippen LogP contribution is -2.60. The number of rotatable bonds is 35. The second-order valence-electron chi connectivity index (χ2n) is 17.5. The lowest BCUT2D eigenvalue weighted by atomic mass is 10.0. The van der Waals surface area contributed by atoms with Gasteiger partial charge >= 0.3 is 11.9 Å². The maximum Gasteiger partial charge on any atom is 0.326 e. The number of phenols is 1. The number of carboxylic acid groups (broad SMARTS) is 2. The molecule has 0 radical (unpaired) electrons. The number of carboxylic acids is 2. The number of hydrogen-bond acceptors (Lipinski definition) is 15. The number of carbonyl (C=O) groups excluding carboxylic acids is 8. The molecule has 1 heterocycles. The van der Waals surface area contributed by atoms with Gasteiger partial charge in [-0.05, 0) is 91.9 Å². The van der Waals surface area contributed by atoms with Crippen molar-refractivity contribution in [3.8, 4) is 5.75 Å². The van der Waals surface area contributed by atoms with Crippen molar-refractivity contribution in [2.45, 2.75) is 107 Å². The molecule has 0 aliphatic carbocycles. The quantitative estimate of drug-likeness (QED) is 0.0172.